The molecule has 1 aliphatic heterocycles. The first-order chi connectivity index (χ1) is 14.9. The molecule has 1 fully saturated rings. The molecule has 150 valence electrons. The minimum absolute atomic E-state index is 0.562. The fourth-order valence-corrected chi connectivity index (χ4v) is 3.97. The van der Waals surface area contributed by atoms with Crippen LogP contribution in [0.5, 0.6) is 5.75 Å². The summed E-state index contributed by atoms with van der Waals surface area (Å²) in [7, 11) is 0. The van der Waals surface area contributed by atoms with Crippen LogP contribution in [0.3, 0.4) is 0 Å². The summed E-state index contributed by atoms with van der Waals surface area (Å²) < 4.78 is 5.98. The summed E-state index contributed by atoms with van der Waals surface area (Å²) in [5.41, 5.74) is 1.91. The first-order valence-electron chi connectivity index (χ1n) is 10.5. The van der Waals surface area contributed by atoms with Crippen LogP contribution in [-0.4, -0.2) is 34.6 Å². The van der Waals surface area contributed by atoms with Crippen LogP contribution >= 0.6 is 0 Å². The Bertz CT molecular complexity index is 1110. The summed E-state index contributed by atoms with van der Waals surface area (Å²) >= 11 is 0. The maximum absolute atomic E-state index is 5.98. The van der Waals surface area contributed by atoms with Crippen molar-refractivity contribution in [1.29, 1.82) is 0 Å². The van der Waals surface area contributed by atoms with E-state index < -0.39 is 0 Å². The molecule has 0 aliphatic carbocycles. The van der Waals surface area contributed by atoms with Gasteiger partial charge < -0.3 is 9.64 Å². The molecule has 0 atom stereocenters. The molecule has 4 aromatic rings. The average Bonchev–Trinajstić information content (AvgIpc) is 2.83. The largest absolute Gasteiger partial charge is 0.493 e. The van der Waals surface area contributed by atoms with E-state index in [1.807, 2.05) is 54.7 Å². The Hall–Kier alpha value is -3.47. The molecular weight excluding hydrogens is 372 g/mol. The minimum atomic E-state index is 0.562. The number of hydrogen-bond donors (Lipinski definition) is 0. The lowest BCUT2D eigenvalue weighted by Crippen LogP contribution is -2.36. The lowest BCUT2D eigenvalue weighted by Gasteiger charge is -2.33. The van der Waals surface area contributed by atoms with Crippen LogP contribution in [-0.2, 0) is 0 Å². The molecule has 30 heavy (non-hydrogen) atoms. The molecule has 0 N–H and O–H groups in total. The van der Waals surface area contributed by atoms with E-state index in [-0.39, 0.29) is 0 Å². The standard InChI is InChI=1S/C25H24N4O/c1-2-8-21(9-3-1)30-18-19-12-15-29(16-13-19)25-22-10-4-5-11-23(22)27-24(28-25)20-7-6-14-26-17-20/h1-11,14,17,19H,12-13,15-16,18H2. The maximum atomic E-state index is 5.98. The SMILES string of the molecule is c1ccc(OCC2CCN(c3nc(-c4cccnc4)nc4ccccc34)CC2)cc1. The Morgan fingerprint density at radius 1 is 0.867 bits per heavy atom. The number of hydrogen-bond acceptors (Lipinski definition) is 5. The number of anilines is 1. The molecule has 2 aromatic carbocycles. The van der Waals surface area contributed by atoms with Crippen molar-refractivity contribution >= 4 is 16.7 Å². The van der Waals surface area contributed by atoms with Gasteiger partial charge in [-0.15, -0.1) is 0 Å². The van der Waals surface area contributed by atoms with Gasteiger partial charge in [-0.2, -0.15) is 0 Å². The van der Waals surface area contributed by atoms with E-state index in [1.165, 1.54) is 0 Å². The molecule has 0 spiro atoms. The zero-order chi connectivity index (χ0) is 20.2. The van der Waals surface area contributed by atoms with E-state index in [0.717, 1.165) is 66.4 Å². The van der Waals surface area contributed by atoms with Crippen LogP contribution in [0.15, 0.2) is 79.1 Å². The zero-order valence-corrected chi connectivity index (χ0v) is 16.8. The lowest BCUT2D eigenvalue weighted by atomic mass is 9.97. The number of ether oxygens (including phenoxy) is 1. The molecule has 0 unspecified atom stereocenters. The number of rotatable bonds is 5. The van der Waals surface area contributed by atoms with Gasteiger partial charge in [0.1, 0.15) is 11.6 Å². The van der Waals surface area contributed by atoms with Gasteiger partial charge in [0, 0.05) is 36.4 Å². The van der Waals surface area contributed by atoms with E-state index in [0.29, 0.717) is 5.92 Å². The Balaban J connectivity index is 1.35. The molecule has 0 bridgehead atoms. The number of para-hydroxylation sites is 2. The topological polar surface area (TPSA) is 51.1 Å². The second kappa shape index (κ2) is 8.49. The summed E-state index contributed by atoms with van der Waals surface area (Å²) in [6.45, 7) is 2.70. The van der Waals surface area contributed by atoms with Crippen LogP contribution in [0.25, 0.3) is 22.3 Å². The summed E-state index contributed by atoms with van der Waals surface area (Å²) in [5.74, 6) is 3.25. The summed E-state index contributed by atoms with van der Waals surface area (Å²) in [6.07, 6.45) is 5.77. The van der Waals surface area contributed by atoms with Gasteiger partial charge >= 0.3 is 0 Å². The highest BCUT2D eigenvalue weighted by Gasteiger charge is 2.23. The van der Waals surface area contributed by atoms with E-state index >= 15 is 0 Å². The van der Waals surface area contributed by atoms with Gasteiger partial charge in [-0.3, -0.25) is 4.98 Å². The maximum Gasteiger partial charge on any atom is 0.163 e. The Morgan fingerprint density at radius 3 is 2.47 bits per heavy atom. The predicted octanol–water partition coefficient (Wildman–Crippen LogP) is 4.99. The van der Waals surface area contributed by atoms with Gasteiger partial charge in [-0.1, -0.05) is 30.3 Å². The first kappa shape index (κ1) is 18.6. The number of pyridine rings is 1. The van der Waals surface area contributed by atoms with Gasteiger partial charge in [-0.25, -0.2) is 9.97 Å². The fraction of sp³-hybridized carbons (Fsp3) is 0.240. The highest BCUT2D eigenvalue weighted by molar-refractivity contribution is 5.91. The second-order valence-corrected chi connectivity index (χ2v) is 7.68. The summed E-state index contributed by atoms with van der Waals surface area (Å²) in [4.78, 5) is 16.4. The Labute approximate surface area is 176 Å². The average molecular weight is 396 g/mol. The molecule has 5 nitrogen and oxygen atoms in total. The van der Waals surface area contributed by atoms with Gasteiger partial charge in [0.15, 0.2) is 5.82 Å². The molecule has 0 saturated carbocycles. The normalized spacial score (nSPS) is 14.7. The van der Waals surface area contributed by atoms with Crippen molar-refractivity contribution in [3.8, 4) is 17.1 Å². The number of nitrogens with zero attached hydrogens (tertiary/aromatic N) is 4. The van der Waals surface area contributed by atoms with Crippen LogP contribution in [0.4, 0.5) is 5.82 Å². The monoisotopic (exact) mass is 396 g/mol. The smallest absolute Gasteiger partial charge is 0.163 e. The van der Waals surface area contributed by atoms with Crippen molar-refractivity contribution in [2.45, 2.75) is 12.8 Å². The zero-order valence-electron chi connectivity index (χ0n) is 16.8. The van der Waals surface area contributed by atoms with Crippen molar-refractivity contribution < 1.29 is 4.74 Å². The quantitative estimate of drug-likeness (QED) is 0.476. The van der Waals surface area contributed by atoms with Gasteiger partial charge in [-0.05, 0) is 55.2 Å². The van der Waals surface area contributed by atoms with Crippen LogP contribution in [0, 0.1) is 5.92 Å². The first-order valence-corrected chi connectivity index (χ1v) is 10.5. The van der Waals surface area contributed by atoms with E-state index in [2.05, 4.69) is 28.1 Å². The van der Waals surface area contributed by atoms with E-state index in [1.54, 1.807) is 6.20 Å². The molecule has 3 heterocycles. The third-order valence-corrected chi connectivity index (χ3v) is 5.65. The van der Waals surface area contributed by atoms with Crippen molar-refractivity contribution in [2.75, 3.05) is 24.6 Å². The highest BCUT2D eigenvalue weighted by atomic mass is 16.5. The fourth-order valence-electron chi connectivity index (χ4n) is 3.97. The van der Waals surface area contributed by atoms with E-state index in [9.17, 15) is 0 Å². The van der Waals surface area contributed by atoms with Crippen molar-refractivity contribution in [2.24, 2.45) is 5.92 Å². The van der Waals surface area contributed by atoms with Crippen LogP contribution in [0.1, 0.15) is 12.8 Å². The highest BCUT2D eigenvalue weighted by Crippen LogP contribution is 2.30. The number of aromatic nitrogens is 3. The predicted molar refractivity (Wildman–Crippen MR) is 120 cm³/mol. The number of piperidine rings is 1. The van der Waals surface area contributed by atoms with E-state index in [4.69, 9.17) is 14.7 Å². The van der Waals surface area contributed by atoms with Gasteiger partial charge in [0.05, 0.1) is 12.1 Å². The molecule has 0 radical (unpaired) electrons. The third-order valence-electron chi connectivity index (χ3n) is 5.65. The lowest BCUT2D eigenvalue weighted by molar-refractivity contribution is 0.223. The Kier molecular flexibility index (Phi) is 5.25. The molecule has 1 saturated heterocycles. The van der Waals surface area contributed by atoms with Crippen LogP contribution in [0.2, 0.25) is 0 Å². The van der Waals surface area contributed by atoms with Crippen molar-refractivity contribution in [1.82, 2.24) is 15.0 Å². The van der Waals surface area contributed by atoms with Gasteiger partial charge in [0.25, 0.3) is 0 Å². The minimum Gasteiger partial charge on any atom is -0.493 e. The molecular formula is C25H24N4O. The molecule has 1 aliphatic rings. The second-order valence-electron chi connectivity index (χ2n) is 7.68. The van der Waals surface area contributed by atoms with Crippen LogP contribution < -0.4 is 9.64 Å². The third kappa shape index (κ3) is 3.96. The number of benzene rings is 2. The number of fused-ring (bicyclic) bond motifs is 1. The molecule has 2 aromatic heterocycles. The van der Waals surface area contributed by atoms with Crippen molar-refractivity contribution in [3.63, 3.8) is 0 Å². The molecule has 0 amide bonds. The molecule has 5 heteroatoms. The summed E-state index contributed by atoms with van der Waals surface area (Å²) in [6, 6.07) is 22.2. The molecule has 5 rings (SSSR count). The van der Waals surface area contributed by atoms with Crippen molar-refractivity contribution in [3.05, 3.63) is 79.1 Å². The van der Waals surface area contributed by atoms with Gasteiger partial charge in [0.2, 0.25) is 0 Å². The summed E-state index contributed by atoms with van der Waals surface area (Å²) in [5, 5.41) is 1.10. The Morgan fingerprint density at radius 2 is 1.67 bits per heavy atom.